The van der Waals surface area contributed by atoms with Gasteiger partial charge in [0.05, 0.1) is 0 Å². The van der Waals surface area contributed by atoms with Gasteiger partial charge in [-0.05, 0) is 31.5 Å². The number of rotatable bonds is 6. The van der Waals surface area contributed by atoms with Crippen molar-refractivity contribution in [2.24, 2.45) is 0 Å². The van der Waals surface area contributed by atoms with Crippen LogP contribution in [0.3, 0.4) is 0 Å². The zero-order valence-corrected chi connectivity index (χ0v) is 14.1. The van der Waals surface area contributed by atoms with E-state index in [1.165, 1.54) is 20.8 Å². The molecule has 6 heteroatoms. The number of Topliss-reactive ketones (excluding diaryl/α,β-unsaturated/α-hetero) is 1. The number of benzene rings is 2. The van der Waals surface area contributed by atoms with E-state index in [1.807, 2.05) is 0 Å². The molecule has 132 valence electrons. The Morgan fingerprint density at radius 2 is 1.68 bits per heavy atom. The maximum Gasteiger partial charge on any atom is 0.303 e. The number of carbonyl (C=O) groups excluding carboxylic acids is 2. The van der Waals surface area contributed by atoms with E-state index in [-0.39, 0.29) is 18.1 Å². The molecular weight excluding hydrogens is 330 g/mol. The van der Waals surface area contributed by atoms with Crippen molar-refractivity contribution in [1.29, 1.82) is 0 Å². The Morgan fingerprint density at radius 3 is 2.28 bits per heavy atom. The van der Waals surface area contributed by atoms with Gasteiger partial charge in [0, 0.05) is 18.6 Å². The third kappa shape index (κ3) is 4.86. The standard InChI is InChI=1S/C19H18F2O4/c1-12(22)25-19(2,3)18(23)14-6-4-13(5-7-14)11-24-17-10-15(20)8-9-16(17)21/h4-10H,11H2,1-3H3. The van der Waals surface area contributed by atoms with Crippen molar-refractivity contribution < 1.29 is 27.8 Å². The second-order valence-corrected chi connectivity index (χ2v) is 5.99. The van der Waals surface area contributed by atoms with Gasteiger partial charge in [0.2, 0.25) is 5.78 Å². The van der Waals surface area contributed by atoms with Crippen LogP contribution < -0.4 is 4.74 Å². The van der Waals surface area contributed by atoms with Gasteiger partial charge in [0.25, 0.3) is 0 Å². The molecule has 0 atom stereocenters. The number of esters is 1. The highest BCUT2D eigenvalue weighted by Gasteiger charge is 2.31. The average Bonchev–Trinajstić information content (AvgIpc) is 2.54. The number of ketones is 1. The molecule has 0 spiro atoms. The van der Waals surface area contributed by atoms with Crippen molar-refractivity contribution in [3.8, 4) is 5.75 Å². The van der Waals surface area contributed by atoms with Crippen molar-refractivity contribution in [2.45, 2.75) is 33.0 Å². The summed E-state index contributed by atoms with van der Waals surface area (Å²) in [5.74, 6) is -2.32. The van der Waals surface area contributed by atoms with Crippen LogP contribution in [0, 0.1) is 11.6 Å². The molecule has 0 unspecified atom stereocenters. The van der Waals surface area contributed by atoms with E-state index in [1.54, 1.807) is 24.3 Å². The molecule has 0 amide bonds. The predicted octanol–water partition coefficient (Wildman–Crippen LogP) is 4.07. The Kier molecular flexibility index (Phi) is 5.51. The molecule has 4 nitrogen and oxygen atoms in total. The predicted molar refractivity (Wildman–Crippen MR) is 87.3 cm³/mol. The first kappa shape index (κ1) is 18.6. The van der Waals surface area contributed by atoms with Gasteiger partial charge < -0.3 is 9.47 Å². The second-order valence-electron chi connectivity index (χ2n) is 5.99. The molecular formula is C19H18F2O4. The van der Waals surface area contributed by atoms with Crippen LogP contribution in [0.1, 0.15) is 36.7 Å². The smallest absolute Gasteiger partial charge is 0.303 e. The van der Waals surface area contributed by atoms with Crippen LogP contribution in [0.4, 0.5) is 8.78 Å². The molecule has 0 heterocycles. The number of carbonyl (C=O) groups is 2. The fraction of sp³-hybridized carbons (Fsp3) is 0.263. The molecule has 0 saturated carbocycles. The Bertz CT molecular complexity index is 783. The Morgan fingerprint density at radius 1 is 1.04 bits per heavy atom. The molecule has 2 aromatic rings. The highest BCUT2D eigenvalue weighted by Crippen LogP contribution is 2.21. The average molecular weight is 348 g/mol. The summed E-state index contributed by atoms with van der Waals surface area (Å²) in [6.07, 6.45) is 0. The molecule has 0 aromatic heterocycles. The van der Waals surface area contributed by atoms with Crippen LogP contribution >= 0.6 is 0 Å². The third-order valence-corrected chi connectivity index (χ3v) is 3.45. The molecule has 0 saturated heterocycles. The number of hydrogen-bond acceptors (Lipinski definition) is 4. The first-order chi connectivity index (χ1) is 11.7. The quantitative estimate of drug-likeness (QED) is 0.583. The van der Waals surface area contributed by atoms with Crippen LogP contribution in [0.15, 0.2) is 42.5 Å². The minimum atomic E-state index is -1.27. The Hall–Kier alpha value is -2.76. The monoisotopic (exact) mass is 348 g/mol. The van der Waals surface area contributed by atoms with Gasteiger partial charge in [0.1, 0.15) is 12.4 Å². The maximum absolute atomic E-state index is 13.5. The number of halogens is 2. The Labute approximate surface area is 144 Å². The summed E-state index contributed by atoms with van der Waals surface area (Å²) in [7, 11) is 0. The van der Waals surface area contributed by atoms with Crippen molar-refractivity contribution in [3.63, 3.8) is 0 Å². The minimum Gasteiger partial charge on any atom is -0.486 e. The molecule has 0 bridgehead atoms. The van der Waals surface area contributed by atoms with E-state index in [0.717, 1.165) is 18.2 Å². The molecule has 2 rings (SSSR count). The van der Waals surface area contributed by atoms with E-state index in [4.69, 9.17) is 9.47 Å². The normalized spacial score (nSPS) is 11.1. The van der Waals surface area contributed by atoms with E-state index >= 15 is 0 Å². The van der Waals surface area contributed by atoms with Crippen molar-refractivity contribution >= 4 is 11.8 Å². The number of ether oxygens (including phenoxy) is 2. The molecule has 0 radical (unpaired) electrons. The van der Waals surface area contributed by atoms with Gasteiger partial charge in [-0.1, -0.05) is 24.3 Å². The zero-order chi connectivity index (χ0) is 18.6. The van der Waals surface area contributed by atoms with Gasteiger partial charge in [-0.15, -0.1) is 0 Å². The van der Waals surface area contributed by atoms with Gasteiger partial charge >= 0.3 is 5.97 Å². The SMILES string of the molecule is CC(=O)OC(C)(C)C(=O)c1ccc(COc2cc(F)ccc2F)cc1. The van der Waals surface area contributed by atoms with Crippen LogP contribution in [-0.2, 0) is 16.1 Å². The largest absolute Gasteiger partial charge is 0.486 e. The minimum absolute atomic E-state index is 0.0161. The van der Waals surface area contributed by atoms with E-state index in [2.05, 4.69) is 0 Å². The van der Waals surface area contributed by atoms with Crippen LogP contribution in [0.2, 0.25) is 0 Å². The van der Waals surface area contributed by atoms with Crippen molar-refractivity contribution in [1.82, 2.24) is 0 Å². The highest BCUT2D eigenvalue weighted by atomic mass is 19.1. The first-order valence-electron chi connectivity index (χ1n) is 7.60. The lowest BCUT2D eigenvalue weighted by molar-refractivity contribution is -0.149. The summed E-state index contributed by atoms with van der Waals surface area (Å²) in [5.41, 5.74) is -0.230. The second kappa shape index (κ2) is 7.42. The summed E-state index contributed by atoms with van der Waals surface area (Å²) in [6.45, 7) is 4.28. The topological polar surface area (TPSA) is 52.6 Å². The lowest BCUT2D eigenvalue weighted by atomic mass is 9.96. The fourth-order valence-corrected chi connectivity index (χ4v) is 2.25. The van der Waals surface area contributed by atoms with E-state index < -0.39 is 23.2 Å². The van der Waals surface area contributed by atoms with Gasteiger partial charge in [0.15, 0.2) is 17.2 Å². The summed E-state index contributed by atoms with van der Waals surface area (Å²) in [6, 6.07) is 9.36. The van der Waals surface area contributed by atoms with Crippen LogP contribution in [0.5, 0.6) is 5.75 Å². The summed E-state index contributed by atoms with van der Waals surface area (Å²) in [4.78, 5) is 23.4. The highest BCUT2D eigenvalue weighted by molar-refractivity contribution is 6.02. The first-order valence-corrected chi connectivity index (χ1v) is 7.60. The Balaban J connectivity index is 2.06. The van der Waals surface area contributed by atoms with Crippen LogP contribution in [-0.4, -0.2) is 17.4 Å². The molecule has 0 aliphatic heterocycles. The lowest BCUT2D eigenvalue weighted by Gasteiger charge is -2.22. The van der Waals surface area contributed by atoms with Gasteiger partial charge in [-0.25, -0.2) is 8.78 Å². The lowest BCUT2D eigenvalue weighted by Crippen LogP contribution is -2.36. The zero-order valence-electron chi connectivity index (χ0n) is 14.1. The molecule has 2 aromatic carbocycles. The van der Waals surface area contributed by atoms with Gasteiger partial charge in [-0.3, -0.25) is 9.59 Å². The maximum atomic E-state index is 13.5. The molecule has 0 aliphatic carbocycles. The number of hydrogen-bond donors (Lipinski definition) is 0. The summed E-state index contributed by atoms with van der Waals surface area (Å²) < 4.78 is 36.9. The summed E-state index contributed by atoms with van der Waals surface area (Å²) >= 11 is 0. The molecule has 25 heavy (non-hydrogen) atoms. The van der Waals surface area contributed by atoms with Crippen molar-refractivity contribution in [3.05, 3.63) is 65.2 Å². The fourth-order valence-electron chi connectivity index (χ4n) is 2.25. The van der Waals surface area contributed by atoms with Crippen molar-refractivity contribution in [2.75, 3.05) is 0 Å². The third-order valence-electron chi connectivity index (χ3n) is 3.45. The molecule has 0 fully saturated rings. The van der Waals surface area contributed by atoms with Crippen LogP contribution in [0.25, 0.3) is 0 Å². The molecule has 0 N–H and O–H groups in total. The van der Waals surface area contributed by atoms with Gasteiger partial charge in [-0.2, -0.15) is 0 Å². The van der Waals surface area contributed by atoms with E-state index in [9.17, 15) is 18.4 Å². The molecule has 0 aliphatic rings. The van der Waals surface area contributed by atoms with E-state index in [0.29, 0.717) is 11.1 Å². The summed E-state index contributed by atoms with van der Waals surface area (Å²) in [5, 5.41) is 0.